The first-order valence-corrected chi connectivity index (χ1v) is 5.36. The van der Waals surface area contributed by atoms with Crippen molar-refractivity contribution in [2.45, 2.75) is 18.9 Å². The standard InChI is InChI=1S/C12H15FN2O/c1-15(11-4-2-9(13)3-5-11)12(16)8-6-10(14)7-8/h2-5,8,10H,6-7,14H2,1H3. The zero-order chi connectivity index (χ0) is 11.7. The smallest absolute Gasteiger partial charge is 0.229 e. The SMILES string of the molecule is CN(C(=O)C1CC(N)C1)c1ccc(F)cc1. The second kappa shape index (κ2) is 4.22. The van der Waals surface area contributed by atoms with E-state index in [1.54, 1.807) is 24.1 Å². The van der Waals surface area contributed by atoms with Gasteiger partial charge in [-0.25, -0.2) is 4.39 Å². The molecule has 0 saturated heterocycles. The number of rotatable bonds is 2. The van der Waals surface area contributed by atoms with Crippen LogP contribution in [0, 0.1) is 11.7 Å². The second-order valence-electron chi connectivity index (χ2n) is 4.30. The van der Waals surface area contributed by atoms with Crippen LogP contribution in [0.5, 0.6) is 0 Å². The van der Waals surface area contributed by atoms with Gasteiger partial charge in [-0.05, 0) is 37.1 Å². The molecule has 0 unspecified atom stereocenters. The van der Waals surface area contributed by atoms with Gasteiger partial charge in [-0.2, -0.15) is 0 Å². The molecule has 0 bridgehead atoms. The summed E-state index contributed by atoms with van der Waals surface area (Å²) in [6, 6.07) is 6.07. The minimum absolute atomic E-state index is 0.0325. The first-order valence-electron chi connectivity index (χ1n) is 5.36. The normalized spacial score (nSPS) is 23.7. The van der Waals surface area contributed by atoms with Crippen LogP contribution >= 0.6 is 0 Å². The molecule has 1 aromatic rings. The predicted octanol–water partition coefficient (Wildman–Crippen LogP) is 1.53. The molecule has 0 aliphatic heterocycles. The molecule has 1 fully saturated rings. The third kappa shape index (κ3) is 2.07. The summed E-state index contributed by atoms with van der Waals surface area (Å²) in [5, 5.41) is 0. The van der Waals surface area contributed by atoms with Crippen LogP contribution in [0.4, 0.5) is 10.1 Å². The molecule has 1 aliphatic carbocycles. The third-order valence-corrected chi connectivity index (χ3v) is 3.07. The number of amides is 1. The van der Waals surface area contributed by atoms with Gasteiger partial charge in [0.1, 0.15) is 5.82 Å². The molecule has 2 N–H and O–H groups in total. The number of nitrogens with zero attached hydrogens (tertiary/aromatic N) is 1. The average Bonchev–Trinajstić information content (AvgIpc) is 2.24. The van der Waals surface area contributed by atoms with Crippen LogP contribution in [-0.4, -0.2) is 19.0 Å². The van der Waals surface area contributed by atoms with Crippen molar-refractivity contribution in [3.8, 4) is 0 Å². The number of benzene rings is 1. The zero-order valence-electron chi connectivity index (χ0n) is 9.19. The molecular formula is C12H15FN2O. The van der Waals surface area contributed by atoms with Gasteiger partial charge in [0.25, 0.3) is 0 Å². The highest BCUT2D eigenvalue weighted by Gasteiger charge is 2.34. The maximum Gasteiger partial charge on any atom is 0.229 e. The van der Waals surface area contributed by atoms with E-state index in [2.05, 4.69) is 0 Å². The zero-order valence-corrected chi connectivity index (χ0v) is 9.19. The van der Waals surface area contributed by atoms with Crippen molar-refractivity contribution < 1.29 is 9.18 Å². The van der Waals surface area contributed by atoms with E-state index in [1.165, 1.54) is 12.1 Å². The Hall–Kier alpha value is -1.42. The van der Waals surface area contributed by atoms with Gasteiger partial charge in [-0.15, -0.1) is 0 Å². The Labute approximate surface area is 94.0 Å². The van der Waals surface area contributed by atoms with E-state index in [4.69, 9.17) is 5.73 Å². The number of hydrogen-bond donors (Lipinski definition) is 1. The van der Waals surface area contributed by atoms with Gasteiger partial charge in [0.2, 0.25) is 5.91 Å². The minimum atomic E-state index is -0.296. The maximum absolute atomic E-state index is 12.7. The Bertz CT molecular complexity index is 385. The molecule has 1 aromatic carbocycles. The molecule has 86 valence electrons. The van der Waals surface area contributed by atoms with E-state index < -0.39 is 0 Å². The lowest BCUT2D eigenvalue weighted by Crippen LogP contribution is -2.45. The molecule has 1 saturated carbocycles. The van der Waals surface area contributed by atoms with Crippen LogP contribution in [0.15, 0.2) is 24.3 Å². The van der Waals surface area contributed by atoms with Crippen LogP contribution < -0.4 is 10.6 Å². The van der Waals surface area contributed by atoms with Crippen molar-refractivity contribution in [1.29, 1.82) is 0 Å². The van der Waals surface area contributed by atoms with Gasteiger partial charge in [0.15, 0.2) is 0 Å². The molecule has 0 radical (unpaired) electrons. The van der Waals surface area contributed by atoms with Gasteiger partial charge in [-0.3, -0.25) is 4.79 Å². The highest BCUT2D eigenvalue weighted by molar-refractivity contribution is 5.95. The summed E-state index contributed by atoms with van der Waals surface area (Å²) >= 11 is 0. The lowest BCUT2D eigenvalue weighted by molar-refractivity contribution is -0.124. The van der Waals surface area contributed by atoms with E-state index >= 15 is 0 Å². The van der Waals surface area contributed by atoms with Crippen molar-refractivity contribution in [3.63, 3.8) is 0 Å². The second-order valence-corrected chi connectivity index (χ2v) is 4.30. The number of carbonyl (C=O) groups excluding carboxylic acids is 1. The molecular weight excluding hydrogens is 207 g/mol. The quantitative estimate of drug-likeness (QED) is 0.824. The molecule has 1 aliphatic rings. The Morgan fingerprint density at radius 2 is 1.94 bits per heavy atom. The summed E-state index contributed by atoms with van der Waals surface area (Å²) in [6.07, 6.45) is 1.51. The fourth-order valence-electron chi connectivity index (χ4n) is 1.93. The van der Waals surface area contributed by atoms with E-state index in [-0.39, 0.29) is 23.7 Å². The Kier molecular flexibility index (Phi) is 2.92. The average molecular weight is 222 g/mol. The highest BCUT2D eigenvalue weighted by Crippen LogP contribution is 2.28. The number of halogens is 1. The maximum atomic E-state index is 12.7. The van der Waals surface area contributed by atoms with Crippen LogP contribution in [0.25, 0.3) is 0 Å². The molecule has 0 heterocycles. The number of anilines is 1. The molecule has 0 spiro atoms. The molecule has 1 amide bonds. The largest absolute Gasteiger partial charge is 0.328 e. The van der Waals surface area contributed by atoms with Crippen LogP contribution in [0.3, 0.4) is 0 Å². The monoisotopic (exact) mass is 222 g/mol. The summed E-state index contributed by atoms with van der Waals surface area (Å²) in [5.41, 5.74) is 6.36. The molecule has 2 rings (SSSR count). The van der Waals surface area contributed by atoms with E-state index in [9.17, 15) is 9.18 Å². The van der Waals surface area contributed by atoms with Crippen molar-refractivity contribution in [2.24, 2.45) is 11.7 Å². The summed E-state index contributed by atoms with van der Waals surface area (Å²) in [6.45, 7) is 0. The fraction of sp³-hybridized carbons (Fsp3) is 0.417. The molecule has 16 heavy (non-hydrogen) atoms. The summed E-state index contributed by atoms with van der Waals surface area (Å²) in [7, 11) is 1.71. The molecule has 4 heteroatoms. The predicted molar refractivity (Wildman–Crippen MR) is 60.5 cm³/mol. The van der Waals surface area contributed by atoms with Crippen molar-refractivity contribution in [1.82, 2.24) is 0 Å². The first kappa shape index (κ1) is 11.1. The number of carbonyl (C=O) groups is 1. The van der Waals surface area contributed by atoms with Crippen LogP contribution in [0.1, 0.15) is 12.8 Å². The Morgan fingerprint density at radius 3 is 2.44 bits per heavy atom. The lowest BCUT2D eigenvalue weighted by Gasteiger charge is -2.34. The van der Waals surface area contributed by atoms with E-state index in [0.717, 1.165) is 12.8 Å². The summed E-state index contributed by atoms with van der Waals surface area (Å²) in [4.78, 5) is 13.5. The highest BCUT2D eigenvalue weighted by atomic mass is 19.1. The van der Waals surface area contributed by atoms with Crippen LogP contribution in [-0.2, 0) is 4.79 Å². The molecule has 3 nitrogen and oxygen atoms in total. The van der Waals surface area contributed by atoms with Gasteiger partial charge < -0.3 is 10.6 Å². The molecule has 0 aromatic heterocycles. The lowest BCUT2D eigenvalue weighted by atomic mass is 9.80. The Morgan fingerprint density at radius 1 is 1.38 bits per heavy atom. The van der Waals surface area contributed by atoms with Gasteiger partial charge in [-0.1, -0.05) is 0 Å². The van der Waals surface area contributed by atoms with E-state index in [1.807, 2.05) is 0 Å². The van der Waals surface area contributed by atoms with Gasteiger partial charge in [0, 0.05) is 24.7 Å². The summed E-state index contributed by atoms with van der Waals surface area (Å²) < 4.78 is 12.7. The third-order valence-electron chi connectivity index (χ3n) is 3.07. The van der Waals surface area contributed by atoms with Crippen molar-refractivity contribution >= 4 is 11.6 Å². The number of nitrogens with two attached hydrogens (primary N) is 1. The van der Waals surface area contributed by atoms with Crippen molar-refractivity contribution in [2.75, 3.05) is 11.9 Å². The Balaban J connectivity index is 2.04. The first-order chi connectivity index (χ1) is 7.58. The molecule has 0 atom stereocenters. The minimum Gasteiger partial charge on any atom is -0.328 e. The van der Waals surface area contributed by atoms with E-state index in [0.29, 0.717) is 5.69 Å². The summed E-state index contributed by atoms with van der Waals surface area (Å²) in [5.74, 6) is -0.200. The van der Waals surface area contributed by atoms with Gasteiger partial charge >= 0.3 is 0 Å². The van der Waals surface area contributed by atoms with Crippen molar-refractivity contribution in [3.05, 3.63) is 30.1 Å². The van der Waals surface area contributed by atoms with Gasteiger partial charge in [0.05, 0.1) is 0 Å². The fourth-order valence-corrected chi connectivity index (χ4v) is 1.93. The van der Waals surface area contributed by atoms with Crippen LogP contribution in [0.2, 0.25) is 0 Å². The number of hydrogen-bond acceptors (Lipinski definition) is 2. The topological polar surface area (TPSA) is 46.3 Å².